The molecule has 1 heterocycles. The molecular formula is C11H15N3O. The molecule has 1 amide bonds. The van der Waals surface area contributed by atoms with Gasteiger partial charge in [-0.1, -0.05) is 0 Å². The van der Waals surface area contributed by atoms with Crippen LogP contribution in [0.4, 0.5) is 5.69 Å². The van der Waals surface area contributed by atoms with Gasteiger partial charge in [-0.15, -0.1) is 0 Å². The summed E-state index contributed by atoms with van der Waals surface area (Å²) >= 11 is 0. The lowest BCUT2D eigenvalue weighted by Gasteiger charge is -2.04. The summed E-state index contributed by atoms with van der Waals surface area (Å²) in [5.41, 5.74) is 1.39. The Kier molecular flexibility index (Phi) is 2.85. The van der Waals surface area contributed by atoms with Crippen molar-refractivity contribution in [2.75, 3.05) is 18.9 Å². The molecule has 0 bridgehead atoms. The van der Waals surface area contributed by atoms with Crippen molar-refractivity contribution in [2.45, 2.75) is 12.8 Å². The number of nitrogens with one attached hydrogen (secondary N) is 2. The van der Waals surface area contributed by atoms with E-state index in [1.165, 1.54) is 12.8 Å². The van der Waals surface area contributed by atoms with E-state index in [-0.39, 0.29) is 5.91 Å². The fourth-order valence-corrected chi connectivity index (χ4v) is 1.33. The number of aromatic nitrogens is 1. The lowest BCUT2D eigenvalue weighted by molar-refractivity contribution is 0.0947. The predicted molar refractivity (Wildman–Crippen MR) is 58.8 cm³/mol. The van der Waals surface area contributed by atoms with Gasteiger partial charge in [-0.05, 0) is 30.9 Å². The highest BCUT2D eigenvalue weighted by Crippen LogP contribution is 2.27. The highest BCUT2D eigenvalue weighted by Gasteiger charge is 2.21. The van der Waals surface area contributed by atoms with Crippen molar-refractivity contribution >= 4 is 11.6 Å². The van der Waals surface area contributed by atoms with Crippen LogP contribution in [0.2, 0.25) is 0 Å². The molecule has 1 aromatic rings. The molecule has 1 aliphatic carbocycles. The minimum absolute atomic E-state index is 0.0791. The van der Waals surface area contributed by atoms with Gasteiger partial charge in [-0.2, -0.15) is 0 Å². The van der Waals surface area contributed by atoms with E-state index in [0.717, 1.165) is 12.2 Å². The first kappa shape index (κ1) is 9.96. The molecule has 1 saturated carbocycles. The number of anilines is 1. The summed E-state index contributed by atoms with van der Waals surface area (Å²) in [7, 11) is 1.82. The average molecular weight is 205 g/mol. The molecule has 1 aliphatic rings. The molecule has 0 atom stereocenters. The van der Waals surface area contributed by atoms with Crippen molar-refractivity contribution in [3.8, 4) is 0 Å². The second-order valence-electron chi connectivity index (χ2n) is 3.84. The van der Waals surface area contributed by atoms with Gasteiger partial charge in [0.1, 0.15) is 5.69 Å². The molecule has 15 heavy (non-hydrogen) atoms. The van der Waals surface area contributed by atoms with E-state index in [1.807, 2.05) is 13.1 Å². The zero-order chi connectivity index (χ0) is 10.7. The first-order valence-electron chi connectivity index (χ1n) is 5.21. The molecule has 0 aliphatic heterocycles. The Morgan fingerprint density at radius 3 is 2.87 bits per heavy atom. The van der Waals surface area contributed by atoms with E-state index in [2.05, 4.69) is 15.6 Å². The zero-order valence-corrected chi connectivity index (χ0v) is 8.79. The van der Waals surface area contributed by atoms with Gasteiger partial charge in [-0.3, -0.25) is 4.79 Å². The Bertz CT molecular complexity index is 343. The first-order chi connectivity index (χ1) is 7.29. The standard InChI is InChI=1S/C11H15N3O/c1-12-9-4-5-10(13-7-9)11(15)14-6-8-2-3-8/h4-5,7-8,12H,2-3,6H2,1H3,(H,14,15). The summed E-state index contributed by atoms with van der Waals surface area (Å²) in [6, 6.07) is 3.58. The highest BCUT2D eigenvalue weighted by molar-refractivity contribution is 5.92. The number of hydrogen-bond donors (Lipinski definition) is 2. The van der Waals surface area contributed by atoms with Crippen molar-refractivity contribution < 1.29 is 4.79 Å². The highest BCUT2D eigenvalue weighted by atomic mass is 16.1. The number of amides is 1. The Balaban J connectivity index is 1.91. The molecule has 1 fully saturated rings. The maximum Gasteiger partial charge on any atom is 0.269 e. The molecule has 0 radical (unpaired) electrons. The molecule has 80 valence electrons. The molecule has 0 unspecified atom stereocenters. The van der Waals surface area contributed by atoms with Gasteiger partial charge in [-0.25, -0.2) is 4.98 Å². The first-order valence-corrected chi connectivity index (χ1v) is 5.21. The molecule has 4 nitrogen and oxygen atoms in total. The van der Waals surface area contributed by atoms with Crippen molar-refractivity contribution in [3.05, 3.63) is 24.0 Å². The summed E-state index contributed by atoms with van der Waals surface area (Å²) in [4.78, 5) is 15.7. The average Bonchev–Trinajstić information content (AvgIpc) is 3.10. The van der Waals surface area contributed by atoms with Crippen LogP contribution in [0.25, 0.3) is 0 Å². The summed E-state index contributed by atoms with van der Waals surface area (Å²) in [6.45, 7) is 0.786. The summed E-state index contributed by atoms with van der Waals surface area (Å²) < 4.78 is 0. The Labute approximate surface area is 89.1 Å². The number of nitrogens with zero attached hydrogens (tertiary/aromatic N) is 1. The quantitative estimate of drug-likeness (QED) is 0.778. The van der Waals surface area contributed by atoms with Gasteiger partial charge in [0.05, 0.1) is 11.9 Å². The van der Waals surface area contributed by atoms with Crippen LogP contribution < -0.4 is 10.6 Å². The maximum atomic E-state index is 11.6. The number of carbonyl (C=O) groups excluding carboxylic acids is 1. The number of pyridine rings is 1. The third-order valence-corrected chi connectivity index (χ3v) is 2.53. The van der Waals surface area contributed by atoms with Gasteiger partial charge < -0.3 is 10.6 Å². The topological polar surface area (TPSA) is 54.0 Å². The van der Waals surface area contributed by atoms with Crippen molar-refractivity contribution in [3.63, 3.8) is 0 Å². The monoisotopic (exact) mass is 205 g/mol. The largest absolute Gasteiger partial charge is 0.387 e. The minimum Gasteiger partial charge on any atom is -0.387 e. The van der Waals surface area contributed by atoms with Crippen molar-refractivity contribution in [1.29, 1.82) is 0 Å². The zero-order valence-electron chi connectivity index (χ0n) is 8.79. The Hall–Kier alpha value is -1.58. The predicted octanol–water partition coefficient (Wildman–Crippen LogP) is 1.26. The molecule has 2 rings (SSSR count). The fourth-order valence-electron chi connectivity index (χ4n) is 1.33. The maximum absolute atomic E-state index is 11.6. The molecule has 0 spiro atoms. The van der Waals surface area contributed by atoms with Crippen LogP contribution in [0.5, 0.6) is 0 Å². The lowest BCUT2D eigenvalue weighted by atomic mass is 10.3. The normalized spacial score (nSPS) is 14.7. The Morgan fingerprint density at radius 2 is 2.33 bits per heavy atom. The second-order valence-corrected chi connectivity index (χ2v) is 3.84. The van der Waals surface area contributed by atoms with Crippen LogP contribution in [0.15, 0.2) is 18.3 Å². The van der Waals surface area contributed by atoms with Crippen LogP contribution in [-0.4, -0.2) is 24.5 Å². The molecular weight excluding hydrogens is 190 g/mol. The van der Waals surface area contributed by atoms with Crippen LogP contribution in [-0.2, 0) is 0 Å². The fraction of sp³-hybridized carbons (Fsp3) is 0.455. The third-order valence-electron chi connectivity index (χ3n) is 2.53. The molecule has 2 N–H and O–H groups in total. The van der Waals surface area contributed by atoms with Crippen LogP contribution in [0.3, 0.4) is 0 Å². The van der Waals surface area contributed by atoms with Gasteiger partial charge in [0.2, 0.25) is 0 Å². The number of rotatable bonds is 4. The van der Waals surface area contributed by atoms with Gasteiger partial charge in [0.15, 0.2) is 0 Å². The third kappa shape index (κ3) is 2.68. The lowest BCUT2D eigenvalue weighted by Crippen LogP contribution is -2.26. The van der Waals surface area contributed by atoms with E-state index in [4.69, 9.17) is 0 Å². The number of carbonyl (C=O) groups is 1. The smallest absolute Gasteiger partial charge is 0.269 e. The molecule has 4 heteroatoms. The van der Waals surface area contributed by atoms with E-state index in [1.54, 1.807) is 12.3 Å². The molecule has 0 saturated heterocycles. The summed E-state index contributed by atoms with van der Waals surface area (Å²) in [6.07, 6.45) is 4.14. The van der Waals surface area contributed by atoms with Crippen LogP contribution >= 0.6 is 0 Å². The number of hydrogen-bond acceptors (Lipinski definition) is 3. The van der Waals surface area contributed by atoms with E-state index in [9.17, 15) is 4.79 Å². The van der Waals surface area contributed by atoms with Crippen molar-refractivity contribution in [2.24, 2.45) is 5.92 Å². The van der Waals surface area contributed by atoms with E-state index < -0.39 is 0 Å². The second kappa shape index (κ2) is 4.29. The van der Waals surface area contributed by atoms with Crippen LogP contribution in [0.1, 0.15) is 23.3 Å². The van der Waals surface area contributed by atoms with E-state index >= 15 is 0 Å². The molecule has 0 aromatic carbocycles. The summed E-state index contributed by atoms with van der Waals surface area (Å²) in [5, 5.41) is 5.84. The van der Waals surface area contributed by atoms with Crippen molar-refractivity contribution in [1.82, 2.24) is 10.3 Å². The van der Waals surface area contributed by atoms with Gasteiger partial charge in [0.25, 0.3) is 5.91 Å². The molecule has 1 aromatic heterocycles. The van der Waals surface area contributed by atoms with E-state index in [0.29, 0.717) is 11.6 Å². The van der Waals surface area contributed by atoms with Crippen LogP contribution in [0, 0.1) is 5.92 Å². The van der Waals surface area contributed by atoms with Gasteiger partial charge >= 0.3 is 0 Å². The van der Waals surface area contributed by atoms with Gasteiger partial charge in [0, 0.05) is 13.6 Å². The summed E-state index contributed by atoms with van der Waals surface area (Å²) in [5.74, 6) is 0.620. The Morgan fingerprint density at radius 1 is 1.53 bits per heavy atom. The minimum atomic E-state index is -0.0791. The SMILES string of the molecule is CNc1ccc(C(=O)NCC2CC2)nc1.